The largest absolute Gasteiger partial charge is 0.319 e. The summed E-state index contributed by atoms with van der Waals surface area (Å²) in [7, 11) is -1.51. The molecule has 5 nitrogen and oxygen atoms in total. The van der Waals surface area contributed by atoms with Crippen LogP contribution in [-0.4, -0.2) is 25.1 Å². The number of nitrogens with zero attached hydrogens (tertiary/aromatic N) is 2. The highest BCUT2D eigenvalue weighted by Crippen LogP contribution is 2.35. The van der Waals surface area contributed by atoms with Crippen molar-refractivity contribution in [3.8, 4) is 0 Å². The second kappa shape index (κ2) is 6.56. The van der Waals surface area contributed by atoms with E-state index in [0.29, 0.717) is 14.7 Å². The highest BCUT2D eigenvalue weighted by molar-refractivity contribution is 7.90. The molecule has 0 saturated heterocycles. The quantitative estimate of drug-likeness (QED) is 0.471. The Hall–Kier alpha value is -2.00. The lowest BCUT2D eigenvalue weighted by atomic mass is 10.2. The average Bonchev–Trinajstić information content (AvgIpc) is 3.12. The standard InChI is InChI=1S/C18H13ClN2O3S3/c1-21-12-8-7-10(27(2,23)24)9-14(12)26-18(21)20-17(22)16-15(19)11-5-3-4-6-13(11)25-16/h3-9H,1-2H3. The maximum Gasteiger partial charge on any atom is 0.291 e. The molecule has 0 N–H and O–H groups in total. The zero-order chi connectivity index (χ0) is 19.3. The molecule has 2 aromatic heterocycles. The average molecular weight is 437 g/mol. The molecule has 27 heavy (non-hydrogen) atoms. The molecule has 0 radical (unpaired) electrons. The lowest BCUT2D eigenvalue weighted by molar-refractivity contribution is 0.100. The predicted octanol–water partition coefficient (Wildman–Crippen LogP) is 4.25. The first-order valence-corrected chi connectivity index (χ1v) is 11.7. The number of sulfone groups is 1. The van der Waals surface area contributed by atoms with Gasteiger partial charge in [-0.15, -0.1) is 11.3 Å². The Kier molecular flexibility index (Phi) is 4.46. The number of benzene rings is 2. The number of thiazole rings is 1. The van der Waals surface area contributed by atoms with Gasteiger partial charge in [0.25, 0.3) is 5.91 Å². The van der Waals surface area contributed by atoms with Crippen LogP contribution in [0.2, 0.25) is 5.02 Å². The second-order valence-corrected chi connectivity index (χ2v) is 10.5. The van der Waals surface area contributed by atoms with E-state index in [2.05, 4.69) is 4.99 Å². The van der Waals surface area contributed by atoms with Gasteiger partial charge in [-0.05, 0) is 24.3 Å². The van der Waals surface area contributed by atoms with Gasteiger partial charge in [0, 0.05) is 23.4 Å². The zero-order valence-corrected chi connectivity index (χ0v) is 17.5. The minimum Gasteiger partial charge on any atom is -0.319 e. The number of rotatable bonds is 2. The molecule has 1 amide bonds. The van der Waals surface area contributed by atoms with Crippen molar-refractivity contribution in [2.24, 2.45) is 12.0 Å². The van der Waals surface area contributed by atoms with Crippen LogP contribution in [0.25, 0.3) is 20.3 Å². The highest BCUT2D eigenvalue weighted by atomic mass is 35.5. The van der Waals surface area contributed by atoms with Gasteiger partial charge < -0.3 is 4.57 Å². The number of aryl methyl sites for hydroxylation is 1. The fourth-order valence-corrected chi connectivity index (χ4v) is 5.92. The van der Waals surface area contributed by atoms with Crippen LogP contribution in [-0.2, 0) is 16.9 Å². The minimum absolute atomic E-state index is 0.238. The van der Waals surface area contributed by atoms with E-state index in [9.17, 15) is 13.2 Å². The van der Waals surface area contributed by atoms with Gasteiger partial charge in [0.05, 0.1) is 20.1 Å². The summed E-state index contributed by atoms with van der Waals surface area (Å²) in [6, 6.07) is 12.4. The van der Waals surface area contributed by atoms with Crippen LogP contribution >= 0.6 is 34.3 Å². The molecule has 2 aromatic carbocycles. The van der Waals surface area contributed by atoms with Crippen molar-refractivity contribution in [2.75, 3.05) is 6.26 Å². The first-order valence-electron chi connectivity index (χ1n) is 7.81. The lowest BCUT2D eigenvalue weighted by Gasteiger charge is -1.99. The van der Waals surface area contributed by atoms with E-state index in [1.165, 1.54) is 28.9 Å². The highest BCUT2D eigenvalue weighted by Gasteiger charge is 2.17. The van der Waals surface area contributed by atoms with Crippen molar-refractivity contribution >= 4 is 70.3 Å². The molecule has 0 aliphatic carbocycles. The van der Waals surface area contributed by atoms with Crippen LogP contribution in [0.3, 0.4) is 0 Å². The Morgan fingerprint density at radius 1 is 1.11 bits per heavy atom. The number of aromatic nitrogens is 1. The number of fused-ring (bicyclic) bond motifs is 2. The molecule has 0 aliphatic rings. The van der Waals surface area contributed by atoms with Crippen LogP contribution in [0.15, 0.2) is 52.4 Å². The minimum atomic E-state index is -3.30. The number of hydrogen-bond acceptors (Lipinski definition) is 5. The molecule has 0 bridgehead atoms. The molecule has 2 heterocycles. The van der Waals surface area contributed by atoms with E-state index in [4.69, 9.17) is 11.6 Å². The fourth-order valence-electron chi connectivity index (χ4n) is 2.74. The Labute approximate surface area is 168 Å². The fraction of sp³-hybridized carbons (Fsp3) is 0.111. The molecule has 0 fully saturated rings. The molecule has 0 atom stereocenters. The SMILES string of the molecule is Cn1c(=NC(=O)c2sc3ccccc3c2Cl)sc2cc(S(C)(=O)=O)ccc21. The van der Waals surface area contributed by atoms with Crippen molar-refractivity contribution < 1.29 is 13.2 Å². The zero-order valence-electron chi connectivity index (χ0n) is 14.3. The Balaban J connectivity index is 1.85. The van der Waals surface area contributed by atoms with Crippen LogP contribution in [0, 0.1) is 0 Å². The number of halogens is 1. The van der Waals surface area contributed by atoms with E-state index in [-0.39, 0.29) is 4.90 Å². The van der Waals surface area contributed by atoms with Gasteiger partial charge in [-0.1, -0.05) is 41.1 Å². The molecule has 4 rings (SSSR count). The van der Waals surface area contributed by atoms with E-state index in [1.54, 1.807) is 29.8 Å². The molecule has 0 unspecified atom stereocenters. The summed E-state index contributed by atoms with van der Waals surface area (Å²) in [6.45, 7) is 0. The van der Waals surface area contributed by atoms with Gasteiger partial charge in [0.15, 0.2) is 14.6 Å². The molecule has 0 saturated carbocycles. The van der Waals surface area contributed by atoms with Gasteiger partial charge >= 0.3 is 0 Å². The molecule has 9 heteroatoms. The van der Waals surface area contributed by atoms with Crippen molar-refractivity contribution in [1.29, 1.82) is 0 Å². The first-order chi connectivity index (χ1) is 12.8. The number of hydrogen-bond donors (Lipinski definition) is 0. The molecular formula is C18H13ClN2O3S3. The van der Waals surface area contributed by atoms with Crippen molar-refractivity contribution in [3.05, 3.63) is 57.2 Å². The summed E-state index contributed by atoms with van der Waals surface area (Å²) < 4.78 is 27.0. The monoisotopic (exact) mass is 436 g/mol. The smallest absolute Gasteiger partial charge is 0.291 e. The Bertz CT molecular complexity index is 1390. The number of amides is 1. The lowest BCUT2D eigenvalue weighted by Crippen LogP contribution is -2.12. The molecule has 138 valence electrons. The number of carbonyl (C=O) groups excluding carboxylic acids is 1. The maximum absolute atomic E-state index is 12.7. The third-order valence-corrected chi connectivity index (χ3v) is 8.00. The third-order valence-electron chi connectivity index (χ3n) is 4.14. The molecule has 0 spiro atoms. The summed E-state index contributed by atoms with van der Waals surface area (Å²) in [5, 5.41) is 1.24. The summed E-state index contributed by atoms with van der Waals surface area (Å²) in [6.07, 6.45) is 1.17. The van der Waals surface area contributed by atoms with Crippen molar-refractivity contribution in [2.45, 2.75) is 4.90 Å². The van der Waals surface area contributed by atoms with E-state index >= 15 is 0 Å². The van der Waals surface area contributed by atoms with E-state index in [0.717, 1.165) is 20.3 Å². The summed E-state index contributed by atoms with van der Waals surface area (Å²) in [5.41, 5.74) is 0.807. The predicted molar refractivity (Wildman–Crippen MR) is 111 cm³/mol. The summed E-state index contributed by atoms with van der Waals surface area (Å²) in [5.74, 6) is -0.410. The molecular weight excluding hydrogens is 424 g/mol. The van der Waals surface area contributed by atoms with Crippen LogP contribution in [0.1, 0.15) is 9.67 Å². The van der Waals surface area contributed by atoms with Gasteiger partial charge in [-0.25, -0.2) is 8.42 Å². The Morgan fingerprint density at radius 2 is 1.85 bits per heavy atom. The third kappa shape index (κ3) is 3.23. The summed E-state index contributed by atoms with van der Waals surface area (Å²) in [4.78, 5) is 18.1. The van der Waals surface area contributed by atoms with E-state index < -0.39 is 15.7 Å². The topological polar surface area (TPSA) is 68.5 Å². The van der Waals surface area contributed by atoms with Crippen LogP contribution in [0.5, 0.6) is 0 Å². The first kappa shape index (κ1) is 18.4. The van der Waals surface area contributed by atoms with Gasteiger partial charge in [-0.2, -0.15) is 4.99 Å². The van der Waals surface area contributed by atoms with Gasteiger partial charge in [-0.3, -0.25) is 4.79 Å². The number of carbonyl (C=O) groups is 1. The molecule has 4 aromatic rings. The Morgan fingerprint density at radius 3 is 2.56 bits per heavy atom. The maximum atomic E-state index is 12.7. The van der Waals surface area contributed by atoms with Gasteiger partial charge in [0.1, 0.15) is 4.88 Å². The van der Waals surface area contributed by atoms with Crippen LogP contribution in [0.4, 0.5) is 0 Å². The van der Waals surface area contributed by atoms with E-state index in [1.807, 2.05) is 24.3 Å². The van der Waals surface area contributed by atoms with Crippen molar-refractivity contribution in [1.82, 2.24) is 4.57 Å². The second-order valence-electron chi connectivity index (χ2n) is 6.00. The molecule has 0 aliphatic heterocycles. The van der Waals surface area contributed by atoms with Crippen LogP contribution < -0.4 is 4.80 Å². The van der Waals surface area contributed by atoms with Crippen molar-refractivity contribution in [3.63, 3.8) is 0 Å². The summed E-state index contributed by atoms with van der Waals surface area (Å²) >= 11 is 8.94. The van der Waals surface area contributed by atoms with Gasteiger partial charge in [0.2, 0.25) is 0 Å². The number of thiophene rings is 1. The normalized spacial score (nSPS) is 12.9.